The molecule has 0 amide bonds. The molecule has 1 aliphatic heterocycles. The van der Waals surface area contributed by atoms with Gasteiger partial charge in [-0.1, -0.05) is 0 Å². The minimum Gasteiger partial charge on any atom is -0.497 e. The van der Waals surface area contributed by atoms with Crippen molar-refractivity contribution in [2.24, 2.45) is 0 Å². The lowest BCUT2D eigenvalue weighted by molar-refractivity contribution is 0.186. The highest BCUT2D eigenvalue weighted by molar-refractivity contribution is 5.78. The van der Waals surface area contributed by atoms with Gasteiger partial charge in [-0.2, -0.15) is 0 Å². The normalized spacial score (nSPS) is 19.3. The number of fused-ring (bicyclic) bond motifs is 1. The largest absolute Gasteiger partial charge is 0.497 e. The Morgan fingerprint density at radius 1 is 1.50 bits per heavy atom. The molecule has 18 heavy (non-hydrogen) atoms. The number of hydrogen-bond acceptors (Lipinski definition) is 4. The summed E-state index contributed by atoms with van der Waals surface area (Å²) in [6.07, 6.45) is 2.47. The molecular weight excluding hydrogens is 232 g/mol. The third-order valence-electron chi connectivity index (χ3n) is 3.29. The summed E-state index contributed by atoms with van der Waals surface area (Å²) in [5.41, 5.74) is 0.658. The van der Waals surface area contributed by atoms with E-state index < -0.39 is 0 Å². The molecule has 1 aromatic heterocycles. The van der Waals surface area contributed by atoms with Gasteiger partial charge >= 0.3 is 0 Å². The lowest BCUT2D eigenvalue weighted by Crippen LogP contribution is -2.25. The molecule has 1 fully saturated rings. The van der Waals surface area contributed by atoms with Gasteiger partial charge in [0.15, 0.2) is 0 Å². The zero-order valence-corrected chi connectivity index (χ0v) is 10.1. The predicted molar refractivity (Wildman–Crippen MR) is 67.0 cm³/mol. The first kappa shape index (κ1) is 11.2. The number of hydrogen-bond donors (Lipinski definition) is 0. The van der Waals surface area contributed by atoms with E-state index in [0.717, 1.165) is 6.42 Å². The van der Waals surface area contributed by atoms with Crippen LogP contribution in [0.3, 0.4) is 0 Å². The summed E-state index contributed by atoms with van der Waals surface area (Å²) in [5.74, 6) is 0.668. The van der Waals surface area contributed by atoms with E-state index in [1.807, 2.05) is 0 Å². The van der Waals surface area contributed by atoms with Gasteiger partial charge in [-0.15, -0.1) is 0 Å². The fraction of sp³-hybridized carbons (Fsp3) is 0.385. The second-order valence-electron chi connectivity index (χ2n) is 4.36. The second-order valence-corrected chi connectivity index (χ2v) is 4.36. The Morgan fingerprint density at radius 3 is 3.11 bits per heavy atom. The number of methoxy groups -OCH3 is 1. The Labute approximate surface area is 104 Å². The highest BCUT2D eigenvalue weighted by Gasteiger charge is 2.19. The summed E-state index contributed by atoms with van der Waals surface area (Å²) >= 11 is 0. The van der Waals surface area contributed by atoms with Crippen molar-refractivity contribution < 1.29 is 9.47 Å². The lowest BCUT2D eigenvalue weighted by Gasteiger charge is -2.12. The van der Waals surface area contributed by atoms with Crippen molar-refractivity contribution in [1.82, 2.24) is 9.55 Å². The Kier molecular flexibility index (Phi) is 2.76. The smallest absolute Gasteiger partial charge is 0.261 e. The van der Waals surface area contributed by atoms with E-state index in [1.54, 1.807) is 36.2 Å². The maximum atomic E-state index is 12.4. The Hall–Kier alpha value is -1.88. The van der Waals surface area contributed by atoms with Crippen LogP contribution in [0.5, 0.6) is 5.75 Å². The van der Waals surface area contributed by atoms with Gasteiger partial charge in [0.05, 0.1) is 37.0 Å². The van der Waals surface area contributed by atoms with E-state index in [1.165, 1.54) is 0 Å². The van der Waals surface area contributed by atoms with Crippen LogP contribution in [0.1, 0.15) is 12.5 Å². The van der Waals surface area contributed by atoms with E-state index in [0.29, 0.717) is 29.9 Å². The summed E-state index contributed by atoms with van der Waals surface area (Å²) in [6.45, 7) is 1.28. The number of aromatic nitrogens is 2. The van der Waals surface area contributed by atoms with Crippen LogP contribution in [0.25, 0.3) is 10.9 Å². The first-order valence-corrected chi connectivity index (χ1v) is 5.92. The average molecular weight is 246 g/mol. The van der Waals surface area contributed by atoms with Gasteiger partial charge in [0.25, 0.3) is 5.56 Å². The molecule has 0 N–H and O–H groups in total. The zero-order valence-electron chi connectivity index (χ0n) is 10.1. The molecule has 0 aliphatic carbocycles. The van der Waals surface area contributed by atoms with Gasteiger partial charge in [0.2, 0.25) is 0 Å². The van der Waals surface area contributed by atoms with Crippen LogP contribution in [-0.4, -0.2) is 29.9 Å². The maximum Gasteiger partial charge on any atom is 0.261 e. The molecule has 1 aliphatic rings. The third-order valence-corrected chi connectivity index (χ3v) is 3.29. The van der Waals surface area contributed by atoms with Gasteiger partial charge < -0.3 is 9.47 Å². The molecule has 94 valence electrons. The van der Waals surface area contributed by atoms with Crippen LogP contribution < -0.4 is 10.3 Å². The van der Waals surface area contributed by atoms with Crippen LogP contribution in [0.4, 0.5) is 0 Å². The molecule has 0 unspecified atom stereocenters. The molecule has 1 saturated heterocycles. The number of benzene rings is 1. The molecule has 1 aromatic carbocycles. The minimum absolute atomic E-state index is 0.0330. The number of rotatable bonds is 2. The Bertz CT molecular complexity index is 630. The van der Waals surface area contributed by atoms with Crippen molar-refractivity contribution in [2.45, 2.75) is 12.5 Å². The lowest BCUT2D eigenvalue weighted by atomic mass is 10.2. The summed E-state index contributed by atoms with van der Waals surface area (Å²) in [4.78, 5) is 16.7. The van der Waals surface area contributed by atoms with E-state index in [2.05, 4.69) is 4.98 Å². The minimum atomic E-state index is -0.0330. The highest BCUT2D eigenvalue weighted by Crippen LogP contribution is 2.19. The fourth-order valence-corrected chi connectivity index (χ4v) is 2.24. The van der Waals surface area contributed by atoms with Gasteiger partial charge in [0, 0.05) is 6.61 Å². The summed E-state index contributed by atoms with van der Waals surface area (Å²) in [7, 11) is 1.58. The van der Waals surface area contributed by atoms with Crippen molar-refractivity contribution >= 4 is 10.9 Å². The van der Waals surface area contributed by atoms with Gasteiger partial charge in [-0.05, 0) is 24.6 Å². The summed E-state index contributed by atoms with van der Waals surface area (Å²) in [5, 5.41) is 0.587. The quantitative estimate of drug-likeness (QED) is 0.803. The van der Waals surface area contributed by atoms with E-state index in [-0.39, 0.29) is 11.6 Å². The van der Waals surface area contributed by atoms with Gasteiger partial charge in [-0.3, -0.25) is 9.36 Å². The molecular formula is C13H14N2O3. The van der Waals surface area contributed by atoms with Crippen LogP contribution in [-0.2, 0) is 4.74 Å². The van der Waals surface area contributed by atoms with Crippen molar-refractivity contribution in [3.8, 4) is 5.75 Å². The molecule has 1 atom stereocenters. The summed E-state index contributed by atoms with van der Waals surface area (Å²) in [6, 6.07) is 5.43. The van der Waals surface area contributed by atoms with Crippen molar-refractivity contribution in [3.63, 3.8) is 0 Å². The zero-order chi connectivity index (χ0) is 12.5. The molecule has 0 radical (unpaired) electrons. The topological polar surface area (TPSA) is 53.4 Å². The molecule has 0 saturated carbocycles. The van der Waals surface area contributed by atoms with Gasteiger partial charge in [-0.25, -0.2) is 4.98 Å². The predicted octanol–water partition coefficient (Wildman–Crippen LogP) is 1.37. The monoisotopic (exact) mass is 246 g/mol. The molecule has 2 aromatic rings. The standard InChI is InChI=1S/C13H14N2O3/c1-17-10-2-3-12-11(6-10)13(16)15(8-14-12)9-4-5-18-7-9/h2-3,6,8-9H,4-5,7H2,1H3/t9-/m1/s1. The fourth-order valence-electron chi connectivity index (χ4n) is 2.24. The average Bonchev–Trinajstić information content (AvgIpc) is 2.93. The Morgan fingerprint density at radius 2 is 2.39 bits per heavy atom. The summed E-state index contributed by atoms with van der Waals surface area (Å²) < 4.78 is 12.1. The van der Waals surface area contributed by atoms with Gasteiger partial charge in [0.1, 0.15) is 5.75 Å². The second kappa shape index (κ2) is 4.42. The first-order valence-electron chi connectivity index (χ1n) is 5.92. The third kappa shape index (κ3) is 1.76. The number of ether oxygens (including phenoxy) is 2. The molecule has 5 heteroatoms. The molecule has 2 heterocycles. The first-order chi connectivity index (χ1) is 8.79. The van der Waals surface area contributed by atoms with Crippen molar-refractivity contribution in [3.05, 3.63) is 34.9 Å². The molecule has 0 spiro atoms. The molecule has 3 rings (SSSR count). The Balaban J connectivity index is 2.17. The van der Waals surface area contributed by atoms with Crippen LogP contribution >= 0.6 is 0 Å². The molecule has 0 bridgehead atoms. The highest BCUT2D eigenvalue weighted by atomic mass is 16.5. The van der Waals surface area contributed by atoms with Crippen molar-refractivity contribution in [1.29, 1.82) is 0 Å². The van der Waals surface area contributed by atoms with E-state index in [4.69, 9.17) is 9.47 Å². The van der Waals surface area contributed by atoms with Crippen LogP contribution in [0.15, 0.2) is 29.3 Å². The van der Waals surface area contributed by atoms with Crippen LogP contribution in [0, 0.1) is 0 Å². The SMILES string of the molecule is COc1ccc2ncn([C@@H]3CCOC3)c(=O)c2c1. The van der Waals surface area contributed by atoms with E-state index >= 15 is 0 Å². The van der Waals surface area contributed by atoms with Crippen molar-refractivity contribution in [2.75, 3.05) is 20.3 Å². The number of nitrogens with zero attached hydrogens (tertiary/aromatic N) is 2. The molecule has 5 nitrogen and oxygen atoms in total. The maximum absolute atomic E-state index is 12.4. The van der Waals surface area contributed by atoms with Crippen LogP contribution in [0.2, 0.25) is 0 Å². The van der Waals surface area contributed by atoms with E-state index in [9.17, 15) is 4.79 Å².